The summed E-state index contributed by atoms with van der Waals surface area (Å²) < 4.78 is 1.35. The smallest absolute Gasteiger partial charge is 0.275 e. The number of fused-ring (bicyclic) bond motifs is 1. The molecular weight excluding hydrogens is 306 g/mol. The Bertz CT molecular complexity index is 990. The van der Waals surface area contributed by atoms with Crippen molar-refractivity contribution in [2.45, 2.75) is 32.9 Å². The number of hydrogen-bond acceptors (Lipinski definition) is 5. The van der Waals surface area contributed by atoms with E-state index in [-0.39, 0.29) is 17.2 Å². The lowest BCUT2D eigenvalue weighted by Gasteiger charge is -2.15. The first-order chi connectivity index (χ1) is 11.5. The summed E-state index contributed by atoms with van der Waals surface area (Å²) in [7, 11) is 0. The molecule has 24 heavy (non-hydrogen) atoms. The molecule has 2 N–H and O–H groups in total. The quantitative estimate of drug-likeness (QED) is 0.764. The number of aromatic amines is 1. The zero-order valence-electron chi connectivity index (χ0n) is 13.8. The molecule has 0 bridgehead atoms. The minimum absolute atomic E-state index is 0.125. The van der Waals surface area contributed by atoms with Gasteiger partial charge in [0.2, 0.25) is 5.95 Å². The summed E-state index contributed by atoms with van der Waals surface area (Å²) in [5, 5.41) is 8.67. The van der Waals surface area contributed by atoms with E-state index in [4.69, 9.17) is 0 Å². The van der Waals surface area contributed by atoms with E-state index in [9.17, 15) is 9.59 Å². The van der Waals surface area contributed by atoms with E-state index < -0.39 is 6.04 Å². The molecule has 0 aliphatic rings. The molecule has 124 valence electrons. The second-order valence-corrected chi connectivity index (χ2v) is 5.98. The molecule has 0 spiro atoms. The number of aromatic nitrogens is 4. The highest BCUT2D eigenvalue weighted by Crippen LogP contribution is 2.14. The number of benzene rings is 1. The minimum atomic E-state index is -0.461. The average molecular weight is 325 g/mol. The van der Waals surface area contributed by atoms with E-state index in [1.165, 1.54) is 10.7 Å². The summed E-state index contributed by atoms with van der Waals surface area (Å²) in [5.41, 5.74) is -0.00308. The fourth-order valence-corrected chi connectivity index (χ4v) is 2.54. The van der Waals surface area contributed by atoms with Crippen LogP contribution in [0.3, 0.4) is 0 Å². The third kappa shape index (κ3) is 3.05. The van der Waals surface area contributed by atoms with Crippen molar-refractivity contribution in [2.75, 3.05) is 5.32 Å². The van der Waals surface area contributed by atoms with Gasteiger partial charge in [-0.3, -0.25) is 14.6 Å². The van der Waals surface area contributed by atoms with Crippen molar-refractivity contribution in [2.24, 2.45) is 0 Å². The van der Waals surface area contributed by atoms with Gasteiger partial charge in [0.25, 0.3) is 11.1 Å². The van der Waals surface area contributed by atoms with E-state index in [1.54, 1.807) is 19.2 Å². The van der Waals surface area contributed by atoms with Crippen LogP contribution in [0.2, 0.25) is 0 Å². The molecule has 0 radical (unpaired) electrons. The van der Waals surface area contributed by atoms with Gasteiger partial charge in [0.1, 0.15) is 0 Å². The van der Waals surface area contributed by atoms with E-state index in [0.717, 1.165) is 5.39 Å². The van der Waals surface area contributed by atoms with Crippen molar-refractivity contribution in [3.8, 4) is 0 Å². The van der Waals surface area contributed by atoms with Gasteiger partial charge in [0.05, 0.1) is 23.3 Å². The molecule has 2 heterocycles. The summed E-state index contributed by atoms with van der Waals surface area (Å²) in [5.74, 6) is 0.383. The van der Waals surface area contributed by atoms with Crippen LogP contribution >= 0.6 is 0 Å². The monoisotopic (exact) mass is 325 g/mol. The van der Waals surface area contributed by atoms with Crippen molar-refractivity contribution in [3.05, 3.63) is 62.9 Å². The first-order valence-corrected chi connectivity index (χ1v) is 7.80. The van der Waals surface area contributed by atoms with Crippen molar-refractivity contribution in [3.63, 3.8) is 0 Å². The second-order valence-electron chi connectivity index (χ2n) is 5.98. The number of anilines is 1. The topological polar surface area (TPSA) is 92.7 Å². The number of nitrogens with zero attached hydrogens (tertiary/aromatic N) is 3. The molecule has 0 aliphatic carbocycles. The minimum Gasteiger partial charge on any atom is -0.354 e. The average Bonchev–Trinajstić information content (AvgIpc) is 2.53. The van der Waals surface area contributed by atoms with Gasteiger partial charge < -0.3 is 5.32 Å². The third-order valence-corrected chi connectivity index (χ3v) is 3.70. The maximum absolute atomic E-state index is 12.7. The lowest BCUT2D eigenvalue weighted by molar-refractivity contribution is 0.524. The Balaban J connectivity index is 2.08. The molecular formula is C17H19N5O2. The first-order valence-electron chi connectivity index (χ1n) is 7.80. The molecule has 1 aromatic carbocycles. The first kappa shape index (κ1) is 15.9. The Morgan fingerprint density at radius 3 is 2.67 bits per heavy atom. The molecule has 0 fully saturated rings. The molecule has 0 saturated carbocycles. The summed E-state index contributed by atoms with van der Waals surface area (Å²) in [6, 6.07) is 8.33. The van der Waals surface area contributed by atoms with Crippen LogP contribution in [0.25, 0.3) is 10.8 Å². The molecule has 0 saturated heterocycles. The zero-order valence-corrected chi connectivity index (χ0v) is 13.8. The van der Waals surface area contributed by atoms with Crippen LogP contribution in [0.4, 0.5) is 5.95 Å². The molecule has 7 nitrogen and oxygen atoms in total. The predicted molar refractivity (Wildman–Crippen MR) is 93.4 cm³/mol. The maximum Gasteiger partial charge on any atom is 0.275 e. The number of rotatable bonds is 4. The SMILES string of the molecule is CC(C)Nc1nc([C@H](C)n2ncc3ccccc3c2=O)cc(=O)[nH]1. The summed E-state index contributed by atoms with van der Waals surface area (Å²) in [6.45, 7) is 5.70. The summed E-state index contributed by atoms with van der Waals surface area (Å²) in [4.78, 5) is 31.6. The normalized spacial score (nSPS) is 12.5. The van der Waals surface area contributed by atoms with Gasteiger partial charge in [0.15, 0.2) is 0 Å². The van der Waals surface area contributed by atoms with Gasteiger partial charge in [-0.25, -0.2) is 9.67 Å². The maximum atomic E-state index is 12.7. The van der Waals surface area contributed by atoms with Crippen molar-refractivity contribution < 1.29 is 0 Å². The summed E-state index contributed by atoms with van der Waals surface area (Å²) >= 11 is 0. The largest absolute Gasteiger partial charge is 0.354 e. The second kappa shape index (κ2) is 6.27. The Morgan fingerprint density at radius 1 is 1.17 bits per heavy atom. The van der Waals surface area contributed by atoms with E-state index in [1.807, 2.05) is 32.0 Å². The Kier molecular flexibility index (Phi) is 4.16. The van der Waals surface area contributed by atoms with Crippen molar-refractivity contribution in [1.82, 2.24) is 19.7 Å². The zero-order chi connectivity index (χ0) is 17.3. The van der Waals surface area contributed by atoms with Crippen LogP contribution in [0.15, 0.2) is 46.1 Å². The predicted octanol–water partition coefficient (Wildman–Crippen LogP) is 1.91. The van der Waals surface area contributed by atoms with Crippen molar-refractivity contribution >= 4 is 16.7 Å². The van der Waals surface area contributed by atoms with Crippen LogP contribution in [-0.4, -0.2) is 25.8 Å². The number of nitrogens with one attached hydrogen (secondary N) is 2. The van der Waals surface area contributed by atoms with Gasteiger partial charge in [-0.05, 0) is 26.8 Å². The molecule has 1 atom stereocenters. The van der Waals surface area contributed by atoms with Gasteiger partial charge in [-0.1, -0.05) is 18.2 Å². The highest BCUT2D eigenvalue weighted by atomic mass is 16.1. The Labute approximate surface area is 138 Å². The number of H-pyrrole nitrogens is 1. The molecule has 0 amide bonds. The van der Waals surface area contributed by atoms with Crippen LogP contribution < -0.4 is 16.4 Å². The van der Waals surface area contributed by atoms with Crippen LogP contribution in [0, 0.1) is 0 Å². The Hall–Kier alpha value is -2.96. The third-order valence-electron chi connectivity index (χ3n) is 3.70. The lowest BCUT2D eigenvalue weighted by atomic mass is 10.2. The van der Waals surface area contributed by atoms with E-state index in [0.29, 0.717) is 17.0 Å². The molecule has 3 rings (SSSR count). The molecule has 0 aliphatic heterocycles. The molecule has 7 heteroatoms. The highest BCUT2D eigenvalue weighted by molar-refractivity contribution is 5.80. The number of hydrogen-bond donors (Lipinski definition) is 2. The van der Waals surface area contributed by atoms with Crippen molar-refractivity contribution in [1.29, 1.82) is 0 Å². The van der Waals surface area contributed by atoms with Crippen LogP contribution in [0.5, 0.6) is 0 Å². The van der Waals surface area contributed by atoms with Crippen LogP contribution in [0.1, 0.15) is 32.5 Å². The van der Waals surface area contributed by atoms with Gasteiger partial charge in [0, 0.05) is 17.5 Å². The molecule has 3 aromatic rings. The standard InChI is InChI=1S/C17H19N5O2/c1-10(2)19-17-20-14(8-15(23)21-17)11(3)22-16(24)13-7-5-4-6-12(13)9-18-22/h4-11H,1-3H3,(H2,19,20,21,23)/t11-/m0/s1. The van der Waals surface area contributed by atoms with E-state index >= 15 is 0 Å². The van der Waals surface area contributed by atoms with Gasteiger partial charge >= 0.3 is 0 Å². The molecule has 2 aromatic heterocycles. The fourth-order valence-electron chi connectivity index (χ4n) is 2.54. The highest BCUT2D eigenvalue weighted by Gasteiger charge is 2.15. The summed E-state index contributed by atoms with van der Waals surface area (Å²) in [6.07, 6.45) is 1.65. The van der Waals surface area contributed by atoms with Crippen LogP contribution in [-0.2, 0) is 0 Å². The van der Waals surface area contributed by atoms with Gasteiger partial charge in [-0.2, -0.15) is 5.10 Å². The fraction of sp³-hybridized carbons (Fsp3) is 0.294. The Morgan fingerprint density at radius 2 is 1.92 bits per heavy atom. The molecule has 0 unspecified atom stereocenters. The van der Waals surface area contributed by atoms with E-state index in [2.05, 4.69) is 20.4 Å². The lowest BCUT2D eigenvalue weighted by Crippen LogP contribution is -2.28. The van der Waals surface area contributed by atoms with Gasteiger partial charge in [-0.15, -0.1) is 0 Å².